The highest BCUT2D eigenvalue weighted by molar-refractivity contribution is 6.09. The Hall–Kier alpha value is -1.72. The number of rotatable bonds is 7. The van der Waals surface area contributed by atoms with Crippen LogP contribution in [-0.2, 0) is 9.59 Å². The Bertz CT molecular complexity index is 434. The maximum absolute atomic E-state index is 12.1. The van der Waals surface area contributed by atoms with Gasteiger partial charge in [0.2, 0.25) is 0 Å². The summed E-state index contributed by atoms with van der Waals surface area (Å²) in [5.74, 6) is -0.429. The Morgan fingerprint density at radius 3 is 2.63 bits per heavy atom. The molecule has 0 fully saturated rings. The lowest BCUT2D eigenvalue weighted by atomic mass is 10.1. The second-order valence-corrected chi connectivity index (χ2v) is 4.44. The number of hydrogen-bond acceptors (Lipinski definition) is 4. The van der Waals surface area contributed by atoms with Crippen LogP contribution in [0.15, 0.2) is 24.3 Å². The standard InChI is InChI=1S/C14H20N3O2/c1-11-6-2-3-8-13(11)17(10-18)14(19)12(16)7-4-5-9-15/h2-3,6,8,12H,4-5,7,9,15-16H2,1H3/t12-/m0/s1. The van der Waals surface area contributed by atoms with Crippen molar-refractivity contribution in [1.29, 1.82) is 0 Å². The molecule has 0 aliphatic heterocycles. The lowest BCUT2D eigenvalue weighted by Crippen LogP contribution is -2.43. The first-order chi connectivity index (χ1) is 9.11. The van der Waals surface area contributed by atoms with Gasteiger partial charge in [0.25, 0.3) is 5.91 Å². The molecule has 5 heteroatoms. The molecule has 2 amide bonds. The maximum Gasteiger partial charge on any atom is 0.324 e. The van der Waals surface area contributed by atoms with Crippen molar-refractivity contribution in [1.82, 2.24) is 0 Å². The third-order valence-electron chi connectivity index (χ3n) is 2.95. The summed E-state index contributed by atoms with van der Waals surface area (Å²) in [4.78, 5) is 24.1. The number of aryl methyl sites for hydroxylation is 1. The third kappa shape index (κ3) is 4.15. The average Bonchev–Trinajstić information content (AvgIpc) is 2.41. The zero-order chi connectivity index (χ0) is 14.3. The Labute approximate surface area is 113 Å². The molecule has 0 saturated heterocycles. The normalized spacial score (nSPS) is 11.9. The number of unbranched alkanes of at least 4 members (excludes halogenated alkanes) is 1. The second-order valence-electron chi connectivity index (χ2n) is 4.44. The minimum atomic E-state index is -0.701. The van der Waals surface area contributed by atoms with Crippen molar-refractivity contribution in [3.63, 3.8) is 0 Å². The number of benzene rings is 1. The van der Waals surface area contributed by atoms with E-state index in [2.05, 4.69) is 0 Å². The van der Waals surface area contributed by atoms with Crippen LogP contribution in [0.2, 0.25) is 0 Å². The highest BCUT2D eigenvalue weighted by Crippen LogP contribution is 2.19. The molecule has 1 atom stereocenters. The van der Waals surface area contributed by atoms with Crippen molar-refractivity contribution in [3.8, 4) is 0 Å². The number of carbonyl (C=O) groups excluding carboxylic acids is 2. The summed E-state index contributed by atoms with van der Waals surface area (Å²) >= 11 is 0. The van der Waals surface area contributed by atoms with E-state index in [0.717, 1.165) is 23.3 Å². The number of amides is 2. The molecule has 5 nitrogen and oxygen atoms in total. The molecule has 0 spiro atoms. The van der Waals surface area contributed by atoms with Crippen LogP contribution in [0.3, 0.4) is 0 Å². The monoisotopic (exact) mass is 262 g/mol. The molecule has 103 valence electrons. The molecule has 4 N–H and O–H groups in total. The van der Waals surface area contributed by atoms with Crippen LogP contribution < -0.4 is 16.4 Å². The van der Waals surface area contributed by atoms with E-state index < -0.39 is 11.9 Å². The Morgan fingerprint density at radius 2 is 2.05 bits per heavy atom. The van der Waals surface area contributed by atoms with Crippen LogP contribution in [0.4, 0.5) is 5.69 Å². The van der Waals surface area contributed by atoms with Crippen LogP contribution >= 0.6 is 0 Å². The molecule has 0 aliphatic carbocycles. The first kappa shape index (κ1) is 15.3. The molecule has 1 aromatic rings. The fraction of sp³-hybridized carbons (Fsp3) is 0.429. The van der Waals surface area contributed by atoms with Crippen molar-refractivity contribution >= 4 is 18.0 Å². The third-order valence-corrected chi connectivity index (χ3v) is 2.95. The largest absolute Gasteiger partial charge is 0.330 e. The Balaban J connectivity index is 2.77. The fourth-order valence-corrected chi connectivity index (χ4v) is 1.83. The van der Waals surface area contributed by atoms with Gasteiger partial charge in [0.1, 0.15) is 0 Å². The molecule has 0 heterocycles. The van der Waals surface area contributed by atoms with Crippen LogP contribution in [-0.4, -0.2) is 24.9 Å². The summed E-state index contributed by atoms with van der Waals surface area (Å²) in [7, 11) is 0. The molecular formula is C14H20N3O2. The minimum Gasteiger partial charge on any atom is -0.330 e. The second kappa shape index (κ2) is 7.66. The Kier molecular flexibility index (Phi) is 6.18. The molecule has 19 heavy (non-hydrogen) atoms. The summed E-state index contributed by atoms with van der Waals surface area (Å²) in [6, 6.07) is 6.43. The molecule has 0 aliphatic rings. The first-order valence-corrected chi connectivity index (χ1v) is 6.34. The van der Waals surface area contributed by atoms with Gasteiger partial charge in [-0.2, -0.15) is 0 Å². The van der Waals surface area contributed by atoms with E-state index >= 15 is 0 Å². The van der Waals surface area contributed by atoms with Gasteiger partial charge in [-0.25, -0.2) is 4.90 Å². The quantitative estimate of drug-likeness (QED) is 0.563. The smallest absolute Gasteiger partial charge is 0.324 e. The van der Waals surface area contributed by atoms with Gasteiger partial charge in [0.15, 0.2) is 0 Å². The minimum absolute atomic E-state index is 0.429. The highest BCUT2D eigenvalue weighted by Gasteiger charge is 2.23. The van der Waals surface area contributed by atoms with E-state index in [4.69, 9.17) is 11.5 Å². The molecule has 0 saturated carbocycles. The van der Waals surface area contributed by atoms with Crippen molar-refractivity contribution in [2.75, 3.05) is 11.4 Å². The van der Waals surface area contributed by atoms with Crippen molar-refractivity contribution in [2.45, 2.75) is 32.2 Å². The number of anilines is 1. The lowest BCUT2D eigenvalue weighted by molar-refractivity contribution is -0.119. The molecule has 0 bridgehead atoms. The van der Waals surface area contributed by atoms with Gasteiger partial charge in [-0.1, -0.05) is 24.6 Å². The van der Waals surface area contributed by atoms with Crippen molar-refractivity contribution < 1.29 is 9.59 Å². The van der Waals surface area contributed by atoms with E-state index in [-0.39, 0.29) is 0 Å². The van der Waals surface area contributed by atoms with Gasteiger partial charge in [0, 0.05) is 0 Å². The highest BCUT2D eigenvalue weighted by atomic mass is 16.2. The van der Waals surface area contributed by atoms with Crippen LogP contribution in [0.5, 0.6) is 0 Å². The van der Waals surface area contributed by atoms with Gasteiger partial charge >= 0.3 is 6.41 Å². The lowest BCUT2D eigenvalue weighted by Gasteiger charge is -2.20. The number of para-hydroxylation sites is 1. The van der Waals surface area contributed by atoms with Gasteiger partial charge < -0.3 is 11.5 Å². The van der Waals surface area contributed by atoms with Crippen LogP contribution in [0.25, 0.3) is 0 Å². The van der Waals surface area contributed by atoms with Crippen LogP contribution in [0.1, 0.15) is 24.8 Å². The number of carbonyl (C=O) groups is 1. The summed E-state index contributed by atoms with van der Waals surface area (Å²) in [5.41, 5.74) is 12.6. The first-order valence-electron chi connectivity index (χ1n) is 6.34. The maximum atomic E-state index is 12.1. The number of nitrogens with zero attached hydrogens (tertiary/aromatic N) is 1. The molecule has 1 radical (unpaired) electrons. The Morgan fingerprint density at radius 1 is 1.37 bits per heavy atom. The summed E-state index contributed by atoms with van der Waals surface area (Å²) in [5, 5.41) is 0. The number of imide groups is 1. The predicted molar refractivity (Wildman–Crippen MR) is 75.2 cm³/mol. The average molecular weight is 262 g/mol. The van der Waals surface area contributed by atoms with E-state index in [1.54, 1.807) is 18.5 Å². The van der Waals surface area contributed by atoms with Crippen LogP contribution in [0, 0.1) is 6.92 Å². The molecule has 1 rings (SSSR count). The molecular weight excluding hydrogens is 242 g/mol. The van der Waals surface area contributed by atoms with Gasteiger partial charge in [0.05, 0.1) is 11.7 Å². The van der Waals surface area contributed by atoms with E-state index in [1.807, 2.05) is 19.1 Å². The predicted octanol–water partition coefficient (Wildman–Crippen LogP) is 0.852. The summed E-state index contributed by atoms with van der Waals surface area (Å²) < 4.78 is 0. The zero-order valence-corrected chi connectivity index (χ0v) is 11.1. The zero-order valence-electron chi connectivity index (χ0n) is 11.1. The van der Waals surface area contributed by atoms with Gasteiger partial charge in [-0.15, -0.1) is 0 Å². The molecule has 0 unspecified atom stereocenters. The SMILES string of the molecule is Cc1ccccc1N([C]=O)C(=O)[C@@H](N)CCCCN. The van der Waals surface area contributed by atoms with Gasteiger partial charge in [-0.3, -0.25) is 9.59 Å². The van der Waals surface area contributed by atoms with E-state index in [0.29, 0.717) is 18.7 Å². The summed E-state index contributed by atoms with van der Waals surface area (Å²) in [6.45, 7) is 2.40. The topological polar surface area (TPSA) is 89.4 Å². The fourth-order valence-electron chi connectivity index (χ4n) is 1.83. The number of nitrogens with two attached hydrogens (primary N) is 2. The van der Waals surface area contributed by atoms with E-state index in [9.17, 15) is 9.59 Å². The number of hydrogen-bond donors (Lipinski definition) is 2. The van der Waals surface area contributed by atoms with E-state index in [1.165, 1.54) is 0 Å². The van der Waals surface area contributed by atoms with Crippen molar-refractivity contribution in [3.05, 3.63) is 29.8 Å². The summed E-state index contributed by atoms with van der Waals surface area (Å²) in [6.07, 6.45) is 3.76. The van der Waals surface area contributed by atoms with Gasteiger partial charge in [-0.05, 0) is 37.9 Å². The molecule has 0 aromatic heterocycles. The van der Waals surface area contributed by atoms with Crippen molar-refractivity contribution in [2.24, 2.45) is 11.5 Å². The molecule has 1 aromatic carbocycles.